The van der Waals surface area contributed by atoms with Gasteiger partial charge in [-0.3, -0.25) is 4.79 Å². The minimum absolute atomic E-state index is 0.131. The molecule has 1 aliphatic rings. The molecule has 88 valence electrons. The van der Waals surface area contributed by atoms with E-state index < -0.39 is 0 Å². The largest absolute Gasteiger partial charge is 0.466 e. The van der Waals surface area contributed by atoms with Crippen LogP contribution >= 0.6 is 0 Å². The van der Waals surface area contributed by atoms with Crippen LogP contribution in [-0.2, 0) is 14.3 Å². The molecule has 0 radical (unpaired) electrons. The van der Waals surface area contributed by atoms with Gasteiger partial charge < -0.3 is 15.2 Å². The summed E-state index contributed by atoms with van der Waals surface area (Å²) < 4.78 is 10.3. The van der Waals surface area contributed by atoms with E-state index in [1.807, 2.05) is 6.92 Å². The Bertz CT molecular complexity index is 190. The highest BCUT2D eigenvalue weighted by Gasteiger charge is 2.24. The molecule has 0 aromatic rings. The Hall–Kier alpha value is -0.610. The van der Waals surface area contributed by atoms with Gasteiger partial charge in [0.1, 0.15) is 0 Å². The molecule has 1 rings (SSSR count). The fraction of sp³-hybridized carbons (Fsp3) is 0.909. The molecule has 1 atom stereocenters. The zero-order valence-electron chi connectivity index (χ0n) is 9.41. The number of hydrogen-bond acceptors (Lipinski definition) is 4. The van der Waals surface area contributed by atoms with Gasteiger partial charge in [0.2, 0.25) is 0 Å². The SMILES string of the molecule is CCOC(=O)C(CN)CC1CCOCC1. The third-order valence-corrected chi connectivity index (χ3v) is 2.86. The molecule has 4 heteroatoms. The molecular formula is C11H21NO3. The second-order valence-corrected chi connectivity index (χ2v) is 3.98. The van der Waals surface area contributed by atoms with Gasteiger partial charge in [-0.15, -0.1) is 0 Å². The first-order chi connectivity index (χ1) is 7.27. The highest BCUT2D eigenvalue weighted by molar-refractivity contribution is 5.72. The topological polar surface area (TPSA) is 61.5 Å². The summed E-state index contributed by atoms with van der Waals surface area (Å²) in [5, 5.41) is 0. The standard InChI is InChI=1S/C11H21NO3/c1-2-15-11(13)10(8-12)7-9-3-5-14-6-4-9/h9-10H,2-8,12H2,1H3. The smallest absolute Gasteiger partial charge is 0.310 e. The Balaban J connectivity index is 2.34. The zero-order valence-corrected chi connectivity index (χ0v) is 9.41. The number of carbonyl (C=O) groups excluding carboxylic acids is 1. The molecule has 0 aliphatic carbocycles. The molecule has 0 saturated carbocycles. The number of carbonyl (C=O) groups is 1. The summed E-state index contributed by atoms with van der Waals surface area (Å²) in [4.78, 5) is 11.5. The average molecular weight is 215 g/mol. The van der Waals surface area contributed by atoms with Crippen molar-refractivity contribution in [3.05, 3.63) is 0 Å². The summed E-state index contributed by atoms with van der Waals surface area (Å²) in [7, 11) is 0. The summed E-state index contributed by atoms with van der Waals surface area (Å²) in [5.74, 6) is 0.288. The quantitative estimate of drug-likeness (QED) is 0.693. The predicted molar refractivity (Wildman–Crippen MR) is 57.3 cm³/mol. The first-order valence-corrected chi connectivity index (χ1v) is 5.72. The fourth-order valence-corrected chi connectivity index (χ4v) is 1.93. The van der Waals surface area contributed by atoms with Crippen LogP contribution in [0.15, 0.2) is 0 Å². The van der Waals surface area contributed by atoms with Crippen molar-refractivity contribution in [3.63, 3.8) is 0 Å². The molecule has 15 heavy (non-hydrogen) atoms. The van der Waals surface area contributed by atoms with Gasteiger partial charge in [-0.25, -0.2) is 0 Å². The molecule has 1 fully saturated rings. The van der Waals surface area contributed by atoms with E-state index in [-0.39, 0.29) is 11.9 Å². The summed E-state index contributed by atoms with van der Waals surface area (Å²) in [6.45, 7) is 4.26. The maximum atomic E-state index is 11.5. The van der Waals surface area contributed by atoms with Crippen molar-refractivity contribution in [1.82, 2.24) is 0 Å². The second-order valence-electron chi connectivity index (χ2n) is 3.98. The first-order valence-electron chi connectivity index (χ1n) is 5.72. The Morgan fingerprint density at radius 1 is 1.53 bits per heavy atom. The van der Waals surface area contributed by atoms with Crippen LogP contribution in [0.25, 0.3) is 0 Å². The van der Waals surface area contributed by atoms with Crippen molar-refractivity contribution >= 4 is 5.97 Å². The summed E-state index contributed by atoms with van der Waals surface area (Å²) >= 11 is 0. The van der Waals surface area contributed by atoms with E-state index in [4.69, 9.17) is 15.2 Å². The Morgan fingerprint density at radius 2 is 2.20 bits per heavy atom. The molecule has 0 amide bonds. The number of hydrogen-bond donors (Lipinski definition) is 1. The molecule has 1 saturated heterocycles. The van der Waals surface area contributed by atoms with Gasteiger partial charge in [-0.05, 0) is 32.1 Å². The molecule has 1 heterocycles. The van der Waals surface area contributed by atoms with Gasteiger partial charge in [-0.1, -0.05) is 0 Å². The molecule has 1 aliphatic heterocycles. The van der Waals surface area contributed by atoms with Crippen LogP contribution in [0.5, 0.6) is 0 Å². The number of rotatable bonds is 5. The van der Waals surface area contributed by atoms with E-state index >= 15 is 0 Å². The Labute approximate surface area is 91.1 Å². The van der Waals surface area contributed by atoms with Crippen molar-refractivity contribution in [2.24, 2.45) is 17.6 Å². The number of nitrogens with two attached hydrogens (primary N) is 1. The van der Waals surface area contributed by atoms with Gasteiger partial charge in [0.25, 0.3) is 0 Å². The highest BCUT2D eigenvalue weighted by atomic mass is 16.5. The van der Waals surface area contributed by atoms with Crippen molar-refractivity contribution < 1.29 is 14.3 Å². The normalized spacial score (nSPS) is 19.9. The highest BCUT2D eigenvalue weighted by Crippen LogP contribution is 2.23. The summed E-state index contributed by atoms with van der Waals surface area (Å²) in [6, 6.07) is 0. The maximum absolute atomic E-state index is 11.5. The van der Waals surface area contributed by atoms with Crippen molar-refractivity contribution in [3.8, 4) is 0 Å². The lowest BCUT2D eigenvalue weighted by molar-refractivity contribution is -0.148. The van der Waals surface area contributed by atoms with Crippen LogP contribution < -0.4 is 5.73 Å². The second kappa shape index (κ2) is 6.80. The predicted octanol–water partition coefficient (Wildman–Crippen LogP) is 0.941. The zero-order chi connectivity index (χ0) is 11.1. The maximum Gasteiger partial charge on any atom is 0.310 e. The fourth-order valence-electron chi connectivity index (χ4n) is 1.93. The third-order valence-electron chi connectivity index (χ3n) is 2.86. The van der Waals surface area contributed by atoms with Crippen molar-refractivity contribution in [2.75, 3.05) is 26.4 Å². The van der Waals surface area contributed by atoms with Crippen molar-refractivity contribution in [1.29, 1.82) is 0 Å². The molecule has 4 nitrogen and oxygen atoms in total. The minimum Gasteiger partial charge on any atom is -0.466 e. The molecule has 2 N–H and O–H groups in total. The van der Waals surface area contributed by atoms with E-state index in [1.54, 1.807) is 0 Å². The van der Waals surface area contributed by atoms with E-state index in [0.29, 0.717) is 19.1 Å². The van der Waals surface area contributed by atoms with E-state index in [1.165, 1.54) is 0 Å². The molecule has 0 bridgehead atoms. The lowest BCUT2D eigenvalue weighted by Crippen LogP contribution is -2.29. The van der Waals surface area contributed by atoms with Gasteiger partial charge in [0.15, 0.2) is 0 Å². The first kappa shape index (κ1) is 12.5. The Morgan fingerprint density at radius 3 is 2.73 bits per heavy atom. The van der Waals surface area contributed by atoms with Crippen LogP contribution in [-0.4, -0.2) is 32.3 Å². The monoisotopic (exact) mass is 215 g/mol. The minimum atomic E-state index is -0.147. The number of ether oxygens (including phenoxy) is 2. The van der Waals surface area contributed by atoms with Crippen LogP contribution in [0, 0.1) is 11.8 Å². The summed E-state index contributed by atoms with van der Waals surface area (Å²) in [5.41, 5.74) is 5.59. The van der Waals surface area contributed by atoms with Crippen molar-refractivity contribution in [2.45, 2.75) is 26.2 Å². The summed E-state index contributed by atoms with van der Waals surface area (Å²) in [6.07, 6.45) is 2.92. The van der Waals surface area contributed by atoms with Gasteiger partial charge in [-0.2, -0.15) is 0 Å². The Kier molecular flexibility index (Phi) is 5.65. The number of esters is 1. The van der Waals surface area contributed by atoms with Gasteiger partial charge in [0, 0.05) is 19.8 Å². The molecule has 0 spiro atoms. The van der Waals surface area contributed by atoms with Crippen LogP contribution in [0.1, 0.15) is 26.2 Å². The van der Waals surface area contributed by atoms with E-state index in [2.05, 4.69) is 0 Å². The lowest BCUT2D eigenvalue weighted by atomic mass is 9.89. The van der Waals surface area contributed by atoms with Crippen LogP contribution in [0.2, 0.25) is 0 Å². The molecule has 0 aromatic carbocycles. The lowest BCUT2D eigenvalue weighted by Gasteiger charge is -2.25. The van der Waals surface area contributed by atoms with Crippen LogP contribution in [0.3, 0.4) is 0 Å². The molecule has 0 aromatic heterocycles. The van der Waals surface area contributed by atoms with Crippen LogP contribution in [0.4, 0.5) is 0 Å². The average Bonchev–Trinajstić information content (AvgIpc) is 2.27. The van der Waals surface area contributed by atoms with E-state index in [0.717, 1.165) is 32.5 Å². The van der Waals surface area contributed by atoms with Gasteiger partial charge >= 0.3 is 5.97 Å². The van der Waals surface area contributed by atoms with E-state index in [9.17, 15) is 4.79 Å². The third kappa shape index (κ3) is 4.18. The molecule has 1 unspecified atom stereocenters. The molecular weight excluding hydrogens is 194 g/mol. The van der Waals surface area contributed by atoms with Gasteiger partial charge in [0.05, 0.1) is 12.5 Å².